The van der Waals surface area contributed by atoms with Gasteiger partial charge in [-0.25, -0.2) is 21.6 Å². The van der Waals surface area contributed by atoms with E-state index < -0.39 is 39.2 Å². The Morgan fingerprint density at radius 2 is 1.82 bits per heavy atom. The zero-order chi connectivity index (χ0) is 23.9. The van der Waals surface area contributed by atoms with Crippen LogP contribution in [0.4, 0.5) is 24.7 Å². The second-order valence-electron chi connectivity index (χ2n) is 7.96. The fraction of sp³-hybridized carbons (Fsp3) is 0.381. The van der Waals surface area contributed by atoms with Crippen molar-refractivity contribution in [3.8, 4) is 0 Å². The van der Waals surface area contributed by atoms with E-state index in [0.29, 0.717) is 16.6 Å². The molecule has 0 amide bonds. The number of hydrogen-bond donors (Lipinski definition) is 2. The van der Waals surface area contributed by atoms with Crippen LogP contribution >= 0.6 is 0 Å². The van der Waals surface area contributed by atoms with Gasteiger partial charge in [0, 0.05) is 24.0 Å². The molecule has 2 N–H and O–H groups in total. The Kier molecular flexibility index (Phi) is 6.04. The summed E-state index contributed by atoms with van der Waals surface area (Å²) in [5, 5.41) is 11.7. The minimum absolute atomic E-state index is 0.0363. The molecule has 0 saturated carbocycles. The average molecular weight is 482 g/mol. The van der Waals surface area contributed by atoms with Gasteiger partial charge in [0.15, 0.2) is 15.7 Å². The summed E-state index contributed by atoms with van der Waals surface area (Å²) < 4.78 is 64.3. The summed E-state index contributed by atoms with van der Waals surface area (Å²) in [4.78, 5) is 17.2. The Hall–Kier alpha value is -3.15. The summed E-state index contributed by atoms with van der Waals surface area (Å²) in [5.74, 6) is -0.882. The van der Waals surface area contributed by atoms with Crippen LogP contribution in [0.2, 0.25) is 0 Å². The highest BCUT2D eigenvalue weighted by molar-refractivity contribution is 7.91. The SMILES string of the molecule is Cc1nnc(N[C@H](C)c2cccc(C(F)F)c2F)c2cc(N3CCS(=O)(=O)CC3)c(=O)[nH]c12. The number of nitrogens with zero attached hydrogens (tertiary/aromatic N) is 3. The zero-order valence-corrected chi connectivity index (χ0v) is 18.7. The van der Waals surface area contributed by atoms with E-state index in [0.717, 1.165) is 6.07 Å². The first kappa shape index (κ1) is 23.0. The molecule has 8 nitrogen and oxygen atoms in total. The Balaban J connectivity index is 1.73. The van der Waals surface area contributed by atoms with E-state index >= 15 is 0 Å². The van der Waals surface area contributed by atoms with E-state index in [-0.39, 0.29) is 41.7 Å². The summed E-state index contributed by atoms with van der Waals surface area (Å²) in [5.41, 5.74) is 0.111. The second-order valence-corrected chi connectivity index (χ2v) is 10.3. The number of alkyl halides is 2. The van der Waals surface area contributed by atoms with Crippen molar-refractivity contribution in [1.29, 1.82) is 0 Å². The number of aromatic nitrogens is 3. The number of aromatic amines is 1. The average Bonchev–Trinajstić information content (AvgIpc) is 2.75. The molecule has 1 aromatic carbocycles. The minimum atomic E-state index is -3.13. The molecule has 1 fully saturated rings. The number of halogens is 3. The molecule has 1 aliphatic heterocycles. The van der Waals surface area contributed by atoms with Gasteiger partial charge in [-0.2, -0.15) is 5.10 Å². The number of pyridine rings is 1. The van der Waals surface area contributed by atoms with Gasteiger partial charge >= 0.3 is 0 Å². The molecule has 1 saturated heterocycles. The molecule has 0 radical (unpaired) electrons. The number of H-pyrrole nitrogens is 1. The molecule has 1 aliphatic rings. The van der Waals surface area contributed by atoms with Gasteiger partial charge in [-0.1, -0.05) is 18.2 Å². The van der Waals surface area contributed by atoms with Crippen molar-refractivity contribution in [1.82, 2.24) is 15.2 Å². The van der Waals surface area contributed by atoms with E-state index in [1.807, 2.05) is 0 Å². The lowest BCUT2D eigenvalue weighted by atomic mass is 10.0. The van der Waals surface area contributed by atoms with Gasteiger partial charge in [0.05, 0.1) is 34.3 Å². The Morgan fingerprint density at radius 1 is 1.15 bits per heavy atom. The molecule has 12 heteroatoms. The number of benzene rings is 1. The van der Waals surface area contributed by atoms with Crippen LogP contribution in [0.15, 0.2) is 29.1 Å². The molecule has 2 aromatic heterocycles. The predicted molar refractivity (Wildman–Crippen MR) is 119 cm³/mol. The van der Waals surface area contributed by atoms with Gasteiger partial charge < -0.3 is 15.2 Å². The first-order valence-corrected chi connectivity index (χ1v) is 12.1. The second kappa shape index (κ2) is 8.65. The van der Waals surface area contributed by atoms with Crippen LogP contribution in [0.3, 0.4) is 0 Å². The molecule has 0 bridgehead atoms. The van der Waals surface area contributed by atoms with Crippen molar-refractivity contribution in [2.75, 3.05) is 34.8 Å². The van der Waals surface area contributed by atoms with Gasteiger partial charge in [-0.15, -0.1) is 5.10 Å². The molecular formula is C21H22F3N5O3S. The summed E-state index contributed by atoms with van der Waals surface area (Å²) in [7, 11) is -3.13. The van der Waals surface area contributed by atoms with Gasteiger partial charge in [0.1, 0.15) is 11.5 Å². The Bertz CT molecular complexity index is 1360. The molecule has 3 aromatic rings. The number of rotatable bonds is 5. The minimum Gasteiger partial charge on any atom is -0.365 e. The monoisotopic (exact) mass is 481 g/mol. The van der Waals surface area contributed by atoms with Crippen molar-refractivity contribution in [2.45, 2.75) is 26.3 Å². The fourth-order valence-corrected chi connectivity index (χ4v) is 5.07. The van der Waals surface area contributed by atoms with Gasteiger partial charge in [-0.3, -0.25) is 4.79 Å². The third-order valence-electron chi connectivity index (χ3n) is 5.74. The van der Waals surface area contributed by atoms with Crippen LogP contribution in [-0.2, 0) is 9.84 Å². The summed E-state index contributed by atoms with van der Waals surface area (Å²) in [6.07, 6.45) is -2.95. The third kappa shape index (κ3) is 4.52. The summed E-state index contributed by atoms with van der Waals surface area (Å²) in [6, 6.07) is 4.66. The van der Waals surface area contributed by atoms with Crippen LogP contribution in [0.1, 0.15) is 36.2 Å². The highest BCUT2D eigenvalue weighted by Gasteiger charge is 2.25. The largest absolute Gasteiger partial charge is 0.365 e. The maximum atomic E-state index is 14.6. The van der Waals surface area contributed by atoms with Gasteiger partial charge in [0.2, 0.25) is 0 Å². The number of hydrogen-bond acceptors (Lipinski definition) is 7. The van der Waals surface area contributed by atoms with Crippen molar-refractivity contribution in [2.24, 2.45) is 0 Å². The van der Waals surface area contributed by atoms with E-state index in [4.69, 9.17) is 0 Å². The van der Waals surface area contributed by atoms with E-state index in [1.54, 1.807) is 24.8 Å². The van der Waals surface area contributed by atoms with Crippen molar-refractivity contribution >= 4 is 32.2 Å². The molecule has 0 spiro atoms. The molecule has 4 rings (SSSR count). The Labute approximate surface area is 187 Å². The first-order chi connectivity index (χ1) is 15.6. The van der Waals surface area contributed by atoms with Crippen LogP contribution < -0.4 is 15.8 Å². The van der Waals surface area contributed by atoms with Crippen LogP contribution in [-0.4, -0.2) is 48.2 Å². The zero-order valence-electron chi connectivity index (χ0n) is 17.9. The molecule has 176 valence electrons. The normalized spacial score (nSPS) is 16.8. The van der Waals surface area contributed by atoms with Crippen LogP contribution in [0.25, 0.3) is 10.9 Å². The van der Waals surface area contributed by atoms with Crippen molar-refractivity contribution in [3.63, 3.8) is 0 Å². The molecule has 0 aliphatic carbocycles. The van der Waals surface area contributed by atoms with Crippen molar-refractivity contribution < 1.29 is 21.6 Å². The number of fused-ring (bicyclic) bond motifs is 1. The lowest BCUT2D eigenvalue weighted by molar-refractivity contribution is 0.146. The maximum absolute atomic E-state index is 14.6. The highest BCUT2D eigenvalue weighted by Crippen LogP contribution is 2.31. The molecule has 1 atom stereocenters. The summed E-state index contributed by atoms with van der Waals surface area (Å²) >= 11 is 0. The van der Waals surface area contributed by atoms with Gasteiger partial charge in [0.25, 0.3) is 12.0 Å². The molecule has 3 heterocycles. The fourth-order valence-electron chi connectivity index (χ4n) is 3.87. The van der Waals surface area contributed by atoms with Crippen LogP contribution in [0.5, 0.6) is 0 Å². The third-order valence-corrected chi connectivity index (χ3v) is 7.35. The lowest BCUT2D eigenvalue weighted by Gasteiger charge is -2.28. The van der Waals surface area contributed by atoms with Gasteiger partial charge in [-0.05, 0) is 19.9 Å². The summed E-state index contributed by atoms with van der Waals surface area (Å²) in [6.45, 7) is 3.62. The quantitative estimate of drug-likeness (QED) is 0.577. The number of anilines is 2. The predicted octanol–water partition coefficient (Wildman–Crippen LogP) is 3.11. The first-order valence-electron chi connectivity index (χ1n) is 10.3. The molecule has 0 unspecified atom stereocenters. The van der Waals surface area contributed by atoms with E-state index in [1.165, 1.54) is 12.1 Å². The standard InChI is InChI=1S/C21H22F3N5O3S/c1-11(13-4-3-5-14(17(13)22)19(23)24)25-20-15-10-16(29-6-8-33(31,32)9-7-29)21(30)26-18(15)12(2)27-28-20/h3-5,10-11,19H,6-9H2,1-2H3,(H,25,28)(H,26,30)/t11-/m1/s1. The smallest absolute Gasteiger partial charge is 0.272 e. The number of aryl methyl sites for hydroxylation is 1. The lowest BCUT2D eigenvalue weighted by Crippen LogP contribution is -2.42. The number of sulfone groups is 1. The topological polar surface area (TPSA) is 108 Å². The maximum Gasteiger partial charge on any atom is 0.272 e. The molecule has 33 heavy (non-hydrogen) atoms. The molecular weight excluding hydrogens is 459 g/mol. The number of nitrogens with one attached hydrogen (secondary N) is 2. The highest BCUT2D eigenvalue weighted by atomic mass is 32.2. The van der Waals surface area contributed by atoms with E-state index in [2.05, 4.69) is 20.5 Å². The van der Waals surface area contributed by atoms with E-state index in [9.17, 15) is 26.4 Å². The van der Waals surface area contributed by atoms with Crippen LogP contribution in [0, 0.1) is 12.7 Å². The van der Waals surface area contributed by atoms with Crippen molar-refractivity contribution in [3.05, 3.63) is 57.3 Å². The Morgan fingerprint density at radius 3 is 2.48 bits per heavy atom.